The lowest BCUT2D eigenvalue weighted by atomic mass is 10.00. The molecule has 0 aliphatic rings. The lowest BCUT2D eigenvalue weighted by Gasteiger charge is -2.17. The number of anilines is 1. The van der Waals surface area contributed by atoms with E-state index >= 15 is 0 Å². The van der Waals surface area contributed by atoms with Gasteiger partial charge >= 0.3 is 0 Å². The standard InChI is InChI=1S/C19H25NS/c1-14(2)12-16-8-10-17(11-9-16)15(3)20-18-6-5-7-19(13-18)21-4/h5-11,13-15,20H,12H2,1-4H3. The zero-order valence-electron chi connectivity index (χ0n) is 13.4. The first-order chi connectivity index (χ1) is 10.1. The summed E-state index contributed by atoms with van der Waals surface area (Å²) in [6.07, 6.45) is 3.26. The third-order valence-electron chi connectivity index (χ3n) is 3.58. The van der Waals surface area contributed by atoms with Gasteiger partial charge in [0.05, 0.1) is 0 Å². The highest BCUT2D eigenvalue weighted by Gasteiger charge is 2.06. The van der Waals surface area contributed by atoms with Gasteiger partial charge in [0.25, 0.3) is 0 Å². The molecule has 1 unspecified atom stereocenters. The van der Waals surface area contributed by atoms with Crippen molar-refractivity contribution < 1.29 is 0 Å². The van der Waals surface area contributed by atoms with Gasteiger partial charge in [0.2, 0.25) is 0 Å². The molecule has 2 aromatic rings. The van der Waals surface area contributed by atoms with Gasteiger partial charge in [0.15, 0.2) is 0 Å². The Labute approximate surface area is 133 Å². The van der Waals surface area contributed by atoms with Gasteiger partial charge in [0.1, 0.15) is 0 Å². The van der Waals surface area contributed by atoms with Crippen LogP contribution in [0.2, 0.25) is 0 Å². The molecule has 0 heterocycles. The van der Waals surface area contributed by atoms with Crippen LogP contribution in [0, 0.1) is 5.92 Å². The van der Waals surface area contributed by atoms with Crippen LogP contribution in [0.3, 0.4) is 0 Å². The summed E-state index contributed by atoms with van der Waals surface area (Å²) >= 11 is 1.77. The minimum Gasteiger partial charge on any atom is -0.378 e. The number of hydrogen-bond acceptors (Lipinski definition) is 2. The average molecular weight is 299 g/mol. The maximum atomic E-state index is 3.58. The summed E-state index contributed by atoms with van der Waals surface area (Å²) in [5.74, 6) is 0.709. The van der Waals surface area contributed by atoms with Gasteiger partial charge in [-0.2, -0.15) is 0 Å². The van der Waals surface area contributed by atoms with Crippen molar-refractivity contribution >= 4 is 17.4 Å². The SMILES string of the molecule is CSc1cccc(NC(C)c2ccc(CC(C)C)cc2)c1. The summed E-state index contributed by atoms with van der Waals surface area (Å²) in [4.78, 5) is 1.29. The van der Waals surface area contributed by atoms with Gasteiger partial charge in [-0.1, -0.05) is 44.2 Å². The van der Waals surface area contributed by atoms with E-state index in [1.807, 2.05) is 0 Å². The number of thioether (sulfide) groups is 1. The van der Waals surface area contributed by atoms with Crippen LogP contribution in [0.5, 0.6) is 0 Å². The summed E-state index contributed by atoms with van der Waals surface area (Å²) in [6.45, 7) is 6.73. The smallest absolute Gasteiger partial charge is 0.0485 e. The lowest BCUT2D eigenvalue weighted by molar-refractivity contribution is 0.647. The van der Waals surface area contributed by atoms with Gasteiger partial charge in [-0.05, 0) is 54.8 Å². The molecule has 2 rings (SSSR count). The predicted octanol–water partition coefficient (Wildman–Crippen LogP) is 5.78. The molecule has 2 aromatic carbocycles. The fourth-order valence-corrected chi connectivity index (χ4v) is 2.92. The van der Waals surface area contributed by atoms with Crippen LogP contribution in [-0.2, 0) is 6.42 Å². The molecule has 2 heteroatoms. The number of hydrogen-bond donors (Lipinski definition) is 1. The molecule has 112 valence electrons. The van der Waals surface area contributed by atoms with E-state index in [-0.39, 0.29) is 0 Å². The van der Waals surface area contributed by atoms with Crippen molar-refractivity contribution in [1.82, 2.24) is 0 Å². The molecule has 0 fully saturated rings. The first-order valence-corrected chi connectivity index (χ1v) is 8.80. The van der Waals surface area contributed by atoms with Crippen LogP contribution in [-0.4, -0.2) is 6.26 Å². The van der Waals surface area contributed by atoms with E-state index in [2.05, 4.69) is 80.9 Å². The predicted molar refractivity (Wildman–Crippen MR) is 95.2 cm³/mol. The zero-order valence-corrected chi connectivity index (χ0v) is 14.2. The highest BCUT2D eigenvalue weighted by atomic mass is 32.2. The zero-order chi connectivity index (χ0) is 15.2. The summed E-state index contributed by atoms with van der Waals surface area (Å²) < 4.78 is 0. The Bertz CT molecular complexity index is 560. The van der Waals surface area contributed by atoms with E-state index in [4.69, 9.17) is 0 Å². The van der Waals surface area contributed by atoms with Crippen LogP contribution in [0.25, 0.3) is 0 Å². The van der Waals surface area contributed by atoms with E-state index in [1.165, 1.54) is 21.7 Å². The van der Waals surface area contributed by atoms with Crippen LogP contribution >= 0.6 is 11.8 Å². The molecule has 1 nitrogen and oxygen atoms in total. The van der Waals surface area contributed by atoms with Crippen molar-refractivity contribution in [2.24, 2.45) is 5.92 Å². The Morgan fingerprint density at radius 3 is 2.33 bits per heavy atom. The van der Waals surface area contributed by atoms with Crippen molar-refractivity contribution in [2.45, 2.75) is 38.1 Å². The second-order valence-electron chi connectivity index (χ2n) is 5.94. The van der Waals surface area contributed by atoms with Crippen molar-refractivity contribution in [3.63, 3.8) is 0 Å². The van der Waals surface area contributed by atoms with Crippen LogP contribution in [0.1, 0.15) is 37.9 Å². The minimum absolute atomic E-state index is 0.315. The minimum atomic E-state index is 0.315. The van der Waals surface area contributed by atoms with Crippen molar-refractivity contribution in [3.8, 4) is 0 Å². The van der Waals surface area contributed by atoms with E-state index in [0.29, 0.717) is 12.0 Å². The summed E-state index contributed by atoms with van der Waals surface area (Å²) in [5, 5.41) is 3.58. The first kappa shape index (κ1) is 16.0. The third-order valence-corrected chi connectivity index (χ3v) is 4.30. The Kier molecular flexibility index (Phi) is 5.75. The highest BCUT2D eigenvalue weighted by molar-refractivity contribution is 7.98. The lowest BCUT2D eigenvalue weighted by Crippen LogP contribution is -2.06. The van der Waals surface area contributed by atoms with Crippen molar-refractivity contribution in [3.05, 3.63) is 59.7 Å². The first-order valence-electron chi connectivity index (χ1n) is 7.58. The van der Waals surface area contributed by atoms with E-state index in [0.717, 1.165) is 6.42 Å². The monoisotopic (exact) mass is 299 g/mol. The Morgan fingerprint density at radius 2 is 1.71 bits per heavy atom. The molecule has 1 N–H and O–H groups in total. The molecular formula is C19H25NS. The Hall–Kier alpha value is -1.41. The second kappa shape index (κ2) is 7.56. The van der Waals surface area contributed by atoms with Crippen LogP contribution in [0.4, 0.5) is 5.69 Å². The molecule has 1 atom stereocenters. The number of nitrogens with one attached hydrogen (secondary N) is 1. The third kappa shape index (κ3) is 4.82. The fraction of sp³-hybridized carbons (Fsp3) is 0.368. The number of rotatable bonds is 6. The molecule has 0 aliphatic carbocycles. The maximum Gasteiger partial charge on any atom is 0.0485 e. The molecule has 0 saturated heterocycles. The fourth-order valence-electron chi connectivity index (χ4n) is 2.46. The molecule has 0 saturated carbocycles. The molecule has 0 spiro atoms. The van der Waals surface area contributed by atoms with E-state index in [9.17, 15) is 0 Å². The van der Waals surface area contributed by atoms with Gasteiger partial charge in [0, 0.05) is 16.6 Å². The Morgan fingerprint density at radius 1 is 1.00 bits per heavy atom. The van der Waals surface area contributed by atoms with E-state index < -0.39 is 0 Å². The molecule has 0 bridgehead atoms. The van der Waals surface area contributed by atoms with E-state index in [1.54, 1.807) is 11.8 Å². The summed E-state index contributed by atoms with van der Waals surface area (Å²) in [6, 6.07) is 17.9. The van der Waals surface area contributed by atoms with Gasteiger partial charge in [-0.3, -0.25) is 0 Å². The van der Waals surface area contributed by atoms with Gasteiger partial charge in [-0.15, -0.1) is 11.8 Å². The van der Waals surface area contributed by atoms with Crippen molar-refractivity contribution in [1.29, 1.82) is 0 Å². The number of benzene rings is 2. The quantitative estimate of drug-likeness (QED) is 0.678. The van der Waals surface area contributed by atoms with Crippen LogP contribution in [0.15, 0.2) is 53.4 Å². The summed E-state index contributed by atoms with van der Waals surface area (Å²) in [5.41, 5.74) is 3.93. The van der Waals surface area contributed by atoms with Gasteiger partial charge < -0.3 is 5.32 Å². The molecule has 0 radical (unpaired) electrons. The normalized spacial score (nSPS) is 12.4. The highest BCUT2D eigenvalue weighted by Crippen LogP contribution is 2.24. The molecular weight excluding hydrogens is 274 g/mol. The molecule has 0 aromatic heterocycles. The molecule has 0 aliphatic heterocycles. The topological polar surface area (TPSA) is 12.0 Å². The van der Waals surface area contributed by atoms with Crippen molar-refractivity contribution in [2.75, 3.05) is 11.6 Å². The second-order valence-corrected chi connectivity index (χ2v) is 6.82. The Balaban J connectivity index is 2.03. The summed E-state index contributed by atoms with van der Waals surface area (Å²) in [7, 11) is 0. The molecule has 21 heavy (non-hydrogen) atoms. The molecule has 0 amide bonds. The maximum absolute atomic E-state index is 3.58. The van der Waals surface area contributed by atoms with Crippen LogP contribution < -0.4 is 5.32 Å². The average Bonchev–Trinajstić information content (AvgIpc) is 2.47. The largest absolute Gasteiger partial charge is 0.378 e. The van der Waals surface area contributed by atoms with Gasteiger partial charge in [-0.25, -0.2) is 0 Å².